The third kappa shape index (κ3) is 2.27. The number of anilines is 1. The highest BCUT2D eigenvalue weighted by Crippen LogP contribution is 2.41. The number of methoxy groups -OCH3 is 1. The number of aromatic nitrogens is 1. The van der Waals surface area contributed by atoms with E-state index in [-0.39, 0.29) is 5.91 Å². The van der Waals surface area contributed by atoms with E-state index < -0.39 is 11.4 Å². The summed E-state index contributed by atoms with van der Waals surface area (Å²) in [7, 11) is 1.56. The standard InChI is InChI=1S/C18H18N2O4/c1-10-14(24-3)5-4-13-15(10)12(16(21)20-13)8-18(2,17(22)23)11-6-7-19-9-11/h4-9,19H,1-3H3,(H,20,21)(H,22,23). The highest BCUT2D eigenvalue weighted by atomic mass is 16.5. The number of aromatic amines is 1. The number of nitrogens with one attached hydrogen (secondary N) is 2. The molecule has 24 heavy (non-hydrogen) atoms. The van der Waals surface area contributed by atoms with E-state index >= 15 is 0 Å². The molecule has 2 aromatic rings. The second-order valence-electron chi connectivity index (χ2n) is 5.93. The van der Waals surface area contributed by atoms with Crippen LogP contribution < -0.4 is 10.1 Å². The Labute approximate surface area is 139 Å². The highest BCUT2D eigenvalue weighted by Gasteiger charge is 2.37. The second-order valence-corrected chi connectivity index (χ2v) is 5.93. The number of hydrogen-bond acceptors (Lipinski definition) is 3. The lowest BCUT2D eigenvalue weighted by atomic mass is 9.81. The number of carbonyl (C=O) groups excluding carboxylic acids is 1. The molecule has 1 unspecified atom stereocenters. The topological polar surface area (TPSA) is 91.4 Å². The molecule has 1 atom stereocenters. The van der Waals surface area contributed by atoms with Crippen molar-refractivity contribution in [2.24, 2.45) is 0 Å². The van der Waals surface area contributed by atoms with Crippen molar-refractivity contribution >= 4 is 23.1 Å². The van der Waals surface area contributed by atoms with Crippen LogP contribution in [0.25, 0.3) is 5.57 Å². The first-order chi connectivity index (χ1) is 11.4. The van der Waals surface area contributed by atoms with Crippen LogP contribution in [-0.4, -0.2) is 29.1 Å². The van der Waals surface area contributed by atoms with Gasteiger partial charge < -0.3 is 20.1 Å². The van der Waals surface area contributed by atoms with Crippen molar-refractivity contribution < 1.29 is 19.4 Å². The van der Waals surface area contributed by atoms with Crippen LogP contribution in [0.3, 0.4) is 0 Å². The van der Waals surface area contributed by atoms with Crippen molar-refractivity contribution in [3.63, 3.8) is 0 Å². The summed E-state index contributed by atoms with van der Waals surface area (Å²) in [5.74, 6) is -0.699. The van der Waals surface area contributed by atoms with Crippen molar-refractivity contribution in [1.29, 1.82) is 0 Å². The molecule has 1 aromatic heterocycles. The quantitative estimate of drug-likeness (QED) is 0.753. The lowest BCUT2D eigenvalue weighted by Crippen LogP contribution is -2.30. The first-order valence-electron chi connectivity index (χ1n) is 7.47. The zero-order valence-corrected chi connectivity index (χ0v) is 13.6. The van der Waals surface area contributed by atoms with Gasteiger partial charge in [-0.3, -0.25) is 9.59 Å². The number of H-pyrrole nitrogens is 1. The number of benzene rings is 1. The van der Waals surface area contributed by atoms with Crippen LogP contribution in [0, 0.1) is 6.92 Å². The van der Waals surface area contributed by atoms with Crippen molar-refractivity contribution in [1.82, 2.24) is 4.98 Å². The molecule has 0 aliphatic carbocycles. The molecule has 124 valence electrons. The number of rotatable bonds is 4. The number of carbonyl (C=O) groups is 2. The molecule has 0 radical (unpaired) electrons. The summed E-state index contributed by atoms with van der Waals surface area (Å²) in [6, 6.07) is 5.23. The summed E-state index contributed by atoms with van der Waals surface area (Å²) in [5.41, 5.74) is 1.72. The van der Waals surface area contributed by atoms with Gasteiger partial charge in [0.15, 0.2) is 0 Å². The van der Waals surface area contributed by atoms with E-state index in [1.807, 2.05) is 6.92 Å². The summed E-state index contributed by atoms with van der Waals surface area (Å²) < 4.78 is 5.32. The second kappa shape index (κ2) is 5.56. The van der Waals surface area contributed by atoms with Crippen LogP contribution in [0.4, 0.5) is 5.69 Å². The van der Waals surface area contributed by atoms with Crippen molar-refractivity contribution in [3.8, 4) is 5.75 Å². The molecule has 1 aliphatic rings. The molecule has 1 aliphatic heterocycles. The maximum Gasteiger partial charge on any atom is 0.317 e. The number of carboxylic acids is 1. The lowest BCUT2D eigenvalue weighted by molar-refractivity contribution is -0.141. The Kier molecular flexibility index (Phi) is 3.67. The van der Waals surface area contributed by atoms with E-state index in [0.717, 1.165) is 5.56 Å². The summed E-state index contributed by atoms with van der Waals surface area (Å²) in [5, 5.41) is 12.5. The fourth-order valence-electron chi connectivity index (χ4n) is 3.01. The third-order valence-electron chi connectivity index (χ3n) is 4.47. The molecule has 1 amide bonds. The Morgan fingerprint density at radius 1 is 1.33 bits per heavy atom. The molecular weight excluding hydrogens is 308 g/mol. The molecule has 0 spiro atoms. The molecule has 6 nitrogen and oxygen atoms in total. The van der Waals surface area contributed by atoms with Gasteiger partial charge in [-0.15, -0.1) is 0 Å². The van der Waals surface area contributed by atoms with Gasteiger partial charge in [0.2, 0.25) is 0 Å². The van der Waals surface area contributed by atoms with Gasteiger partial charge >= 0.3 is 5.97 Å². The van der Waals surface area contributed by atoms with Gasteiger partial charge in [0.25, 0.3) is 5.91 Å². The van der Waals surface area contributed by atoms with Gasteiger partial charge in [-0.1, -0.05) is 0 Å². The minimum atomic E-state index is -1.33. The third-order valence-corrected chi connectivity index (χ3v) is 4.47. The van der Waals surface area contributed by atoms with E-state index in [9.17, 15) is 14.7 Å². The van der Waals surface area contributed by atoms with E-state index in [2.05, 4.69) is 10.3 Å². The number of carboxylic acid groups (broad SMARTS) is 1. The first kappa shape index (κ1) is 15.9. The van der Waals surface area contributed by atoms with Gasteiger partial charge in [-0.05, 0) is 43.7 Å². The number of ether oxygens (including phenoxy) is 1. The van der Waals surface area contributed by atoms with Gasteiger partial charge in [0.1, 0.15) is 11.2 Å². The van der Waals surface area contributed by atoms with Crippen LogP contribution in [-0.2, 0) is 15.0 Å². The first-order valence-corrected chi connectivity index (χ1v) is 7.47. The Balaban J connectivity index is 2.22. The van der Waals surface area contributed by atoms with Crippen LogP contribution in [0.15, 0.2) is 36.7 Å². The van der Waals surface area contributed by atoms with Gasteiger partial charge in [-0.25, -0.2) is 0 Å². The highest BCUT2D eigenvalue weighted by molar-refractivity contribution is 6.32. The molecule has 0 fully saturated rings. The van der Waals surface area contributed by atoms with Crippen LogP contribution in [0.1, 0.15) is 23.6 Å². The van der Waals surface area contributed by atoms with Gasteiger partial charge in [0, 0.05) is 34.8 Å². The zero-order chi connectivity index (χ0) is 17.5. The number of hydrogen-bond donors (Lipinski definition) is 3. The van der Waals surface area contributed by atoms with Crippen molar-refractivity contribution in [2.75, 3.05) is 12.4 Å². The van der Waals surface area contributed by atoms with Crippen LogP contribution >= 0.6 is 0 Å². The van der Waals surface area contributed by atoms with E-state index in [4.69, 9.17) is 4.74 Å². The molecule has 0 bridgehead atoms. The Morgan fingerprint density at radius 2 is 2.08 bits per heavy atom. The van der Waals surface area contributed by atoms with E-state index in [1.165, 1.54) is 6.08 Å². The summed E-state index contributed by atoms with van der Waals surface area (Å²) >= 11 is 0. The van der Waals surface area contributed by atoms with E-state index in [1.54, 1.807) is 44.6 Å². The minimum absolute atomic E-state index is 0.315. The van der Waals surface area contributed by atoms with Gasteiger partial charge in [0.05, 0.1) is 7.11 Å². The molecule has 3 N–H and O–H groups in total. The minimum Gasteiger partial charge on any atom is -0.496 e. The normalized spacial score (nSPS) is 17.3. The summed E-state index contributed by atoms with van der Waals surface area (Å²) in [4.78, 5) is 27.2. The van der Waals surface area contributed by atoms with Gasteiger partial charge in [-0.2, -0.15) is 0 Å². The lowest BCUT2D eigenvalue weighted by Gasteiger charge is -2.21. The average molecular weight is 326 g/mol. The zero-order valence-electron chi connectivity index (χ0n) is 13.6. The Bertz CT molecular complexity index is 852. The fourth-order valence-corrected chi connectivity index (χ4v) is 3.01. The predicted molar refractivity (Wildman–Crippen MR) is 90.1 cm³/mol. The van der Waals surface area contributed by atoms with Crippen LogP contribution in [0.5, 0.6) is 5.75 Å². The Morgan fingerprint density at radius 3 is 2.67 bits per heavy atom. The average Bonchev–Trinajstić information content (AvgIpc) is 3.17. The monoisotopic (exact) mass is 326 g/mol. The number of amides is 1. The fraction of sp³-hybridized carbons (Fsp3) is 0.222. The maximum absolute atomic E-state index is 12.4. The van der Waals surface area contributed by atoms with Crippen molar-refractivity contribution in [2.45, 2.75) is 19.3 Å². The number of fused-ring (bicyclic) bond motifs is 1. The Hall–Kier alpha value is -3.02. The predicted octanol–water partition coefficient (Wildman–Crippen LogP) is 2.71. The molecular formula is C18H18N2O4. The number of aliphatic carboxylic acids is 1. The molecule has 0 saturated heterocycles. The largest absolute Gasteiger partial charge is 0.496 e. The maximum atomic E-state index is 12.4. The summed E-state index contributed by atoms with van der Waals surface area (Å²) in [6.45, 7) is 3.42. The molecule has 6 heteroatoms. The van der Waals surface area contributed by atoms with Crippen LogP contribution in [0.2, 0.25) is 0 Å². The molecule has 1 aromatic carbocycles. The smallest absolute Gasteiger partial charge is 0.317 e. The van der Waals surface area contributed by atoms with E-state index in [0.29, 0.717) is 28.1 Å². The molecule has 0 saturated carbocycles. The summed E-state index contributed by atoms with van der Waals surface area (Å²) in [6.07, 6.45) is 4.79. The molecule has 3 rings (SSSR count). The molecule has 2 heterocycles. The SMILES string of the molecule is COc1ccc2c(c1C)C(=CC(C)(C(=O)O)c1cc[nH]c1)C(=O)N2. The van der Waals surface area contributed by atoms with Crippen molar-refractivity contribution in [3.05, 3.63) is 53.4 Å².